The van der Waals surface area contributed by atoms with Gasteiger partial charge in [0.05, 0.1) is 25.4 Å². The van der Waals surface area contributed by atoms with Gasteiger partial charge in [0.25, 0.3) is 0 Å². The van der Waals surface area contributed by atoms with E-state index in [0.717, 1.165) is 38.5 Å². The summed E-state index contributed by atoms with van der Waals surface area (Å²) in [6, 6.07) is -1.16. The van der Waals surface area contributed by atoms with Crippen LogP contribution in [-0.4, -0.2) is 110 Å². The van der Waals surface area contributed by atoms with Gasteiger partial charge in [-0.15, -0.1) is 0 Å². The number of hydrogen-bond donors (Lipinski definition) is 8. The molecule has 9 atom stereocenters. The summed E-state index contributed by atoms with van der Waals surface area (Å²) in [6.07, 6.45) is 23.0. The number of carbonyl (C=O) groups excluding carboxylic acids is 1. The maximum atomic E-state index is 13.0. The Kier molecular flexibility index (Phi) is 33.3. The van der Waals surface area contributed by atoms with Gasteiger partial charge in [0.1, 0.15) is 36.6 Å². The largest absolute Gasteiger partial charge is 0.394 e. The molecule has 0 aromatic carbocycles. The molecule has 0 aliphatic carbocycles. The Labute approximate surface area is 335 Å². The zero-order valence-corrected chi connectivity index (χ0v) is 35.2. The van der Waals surface area contributed by atoms with Crippen molar-refractivity contribution in [3.05, 3.63) is 0 Å². The van der Waals surface area contributed by atoms with E-state index in [1.807, 2.05) is 0 Å². The molecule has 1 saturated heterocycles. The summed E-state index contributed by atoms with van der Waals surface area (Å²) in [5.41, 5.74) is 0. The van der Waals surface area contributed by atoms with Crippen molar-refractivity contribution >= 4 is 5.91 Å². The molecule has 55 heavy (non-hydrogen) atoms. The molecule has 1 aliphatic heterocycles. The van der Waals surface area contributed by atoms with Crippen LogP contribution in [0.5, 0.6) is 0 Å². The highest BCUT2D eigenvalue weighted by atomic mass is 16.7. The fourth-order valence-corrected chi connectivity index (χ4v) is 7.56. The van der Waals surface area contributed by atoms with Gasteiger partial charge in [0, 0.05) is 0 Å². The molecule has 0 aromatic rings. The van der Waals surface area contributed by atoms with E-state index < -0.39 is 74.2 Å². The van der Waals surface area contributed by atoms with E-state index in [0.29, 0.717) is 19.3 Å². The van der Waals surface area contributed by atoms with Crippen LogP contribution in [-0.2, 0) is 14.3 Å². The molecule has 1 heterocycles. The number of unbranched alkanes of at least 4 members (excludes halogenated alkanes) is 26. The van der Waals surface area contributed by atoms with Crippen molar-refractivity contribution in [1.29, 1.82) is 0 Å². The average molecular weight is 790 g/mol. The summed E-state index contributed by atoms with van der Waals surface area (Å²) in [6.45, 7) is 3.42. The Bertz CT molecular complexity index is 866. The quantitative estimate of drug-likeness (QED) is 0.0300. The maximum Gasteiger partial charge on any atom is 0.249 e. The first-order valence-corrected chi connectivity index (χ1v) is 22.9. The van der Waals surface area contributed by atoms with Gasteiger partial charge in [-0.2, -0.15) is 0 Å². The molecule has 8 N–H and O–H groups in total. The lowest BCUT2D eigenvalue weighted by Gasteiger charge is -2.40. The van der Waals surface area contributed by atoms with Crippen LogP contribution in [0.4, 0.5) is 0 Å². The highest BCUT2D eigenvalue weighted by molar-refractivity contribution is 5.80. The molecular weight excluding hydrogens is 702 g/mol. The molecule has 328 valence electrons. The normalized spacial score (nSPS) is 22.4. The zero-order valence-electron chi connectivity index (χ0n) is 35.2. The fourth-order valence-electron chi connectivity index (χ4n) is 7.56. The first-order chi connectivity index (χ1) is 26.7. The molecule has 11 nitrogen and oxygen atoms in total. The minimum absolute atomic E-state index is 0.264. The Hall–Kier alpha value is -0.890. The molecule has 1 fully saturated rings. The fraction of sp³-hybridized carbons (Fsp3) is 0.977. The van der Waals surface area contributed by atoms with Crippen molar-refractivity contribution < 1.29 is 50.0 Å². The first-order valence-electron chi connectivity index (χ1n) is 22.9. The van der Waals surface area contributed by atoms with E-state index in [-0.39, 0.29) is 6.42 Å². The van der Waals surface area contributed by atoms with E-state index in [2.05, 4.69) is 19.2 Å². The standard InChI is InChI=1S/C44H87NO10/c1-3-5-7-9-11-13-15-16-17-18-19-20-21-22-24-25-27-29-31-36(47)39(49)35(34-54-44-42(52)41(51)40(50)38(33-46)55-44)45-43(53)37(48)32-30-28-26-23-14-12-10-8-6-4-2/h35-42,44,46-52H,3-34H2,1-2H3,(H,45,53). The van der Waals surface area contributed by atoms with Crippen molar-refractivity contribution in [3.63, 3.8) is 0 Å². The number of aliphatic hydroxyl groups is 7. The van der Waals surface area contributed by atoms with E-state index in [9.17, 15) is 40.5 Å². The van der Waals surface area contributed by atoms with Crippen LogP contribution in [0.1, 0.15) is 206 Å². The van der Waals surface area contributed by atoms with Crippen molar-refractivity contribution in [2.45, 2.75) is 262 Å². The number of nitrogens with one attached hydrogen (secondary N) is 1. The van der Waals surface area contributed by atoms with Gasteiger partial charge in [-0.1, -0.05) is 194 Å². The average Bonchev–Trinajstić information content (AvgIpc) is 3.18. The summed E-state index contributed by atoms with van der Waals surface area (Å²) >= 11 is 0. The van der Waals surface area contributed by atoms with Crippen LogP contribution in [0.2, 0.25) is 0 Å². The molecule has 0 aromatic heterocycles. The van der Waals surface area contributed by atoms with Gasteiger partial charge >= 0.3 is 0 Å². The van der Waals surface area contributed by atoms with Gasteiger partial charge in [0.2, 0.25) is 5.91 Å². The van der Waals surface area contributed by atoms with E-state index >= 15 is 0 Å². The number of aliphatic hydroxyl groups excluding tert-OH is 7. The third kappa shape index (κ3) is 25.3. The topological polar surface area (TPSA) is 189 Å². The Morgan fingerprint density at radius 2 is 0.945 bits per heavy atom. The van der Waals surface area contributed by atoms with Crippen LogP contribution in [0.25, 0.3) is 0 Å². The van der Waals surface area contributed by atoms with Crippen molar-refractivity contribution in [2.75, 3.05) is 13.2 Å². The lowest BCUT2D eigenvalue weighted by atomic mass is 9.98. The van der Waals surface area contributed by atoms with Crippen molar-refractivity contribution in [3.8, 4) is 0 Å². The molecule has 11 heteroatoms. The number of rotatable bonds is 38. The number of amides is 1. The Morgan fingerprint density at radius 3 is 1.35 bits per heavy atom. The first kappa shape index (κ1) is 52.1. The lowest BCUT2D eigenvalue weighted by molar-refractivity contribution is -0.303. The second kappa shape index (κ2) is 35.1. The van der Waals surface area contributed by atoms with Gasteiger partial charge in [-0.05, 0) is 12.8 Å². The number of carbonyl (C=O) groups is 1. The SMILES string of the molecule is CCCCCCCCCCCCCCCCCCCCC(O)C(O)C(COC1OC(CO)C(O)C(O)C1O)NC(=O)C(O)CCCCCCCCCCCC. The smallest absolute Gasteiger partial charge is 0.249 e. The van der Waals surface area contributed by atoms with Crippen LogP contribution in [0, 0.1) is 0 Å². The van der Waals surface area contributed by atoms with Crippen molar-refractivity contribution in [2.24, 2.45) is 0 Å². The van der Waals surface area contributed by atoms with Crippen LogP contribution in [0.15, 0.2) is 0 Å². The second-order valence-corrected chi connectivity index (χ2v) is 16.5. The molecule has 0 bridgehead atoms. The minimum atomic E-state index is -1.65. The number of hydrogen-bond acceptors (Lipinski definition) is 10. The Balaban J connectivity index is 2.43. The van der Waals surface area contributed by atoms with Gasteiger partial charge in [-0.25, -0.2) is 0 Å². The summed E-state index contributed by atoms with van der Waals surface area (Å²) in [5.74, 6) is -0.697. The van der Waals surface area contributed by atoms with Gasteiger partial charge < -0.3 is 50.5 Å². The van der Waals surface area contributed by atoms with Gasteiger partial charge in [-0.3, -0.25) is 4.79 Å². The summed E-state index contributed by atoms with van der Waals surface area (Å²) in [4.78, 5) is 13.0. The van der Waals surface area contributed by atoms with Crippen LogP contribution >= 0.6 is 0 Å². The Morgan fingerprint density at radius 1 is 0.564 bits per heavy atom. The molecule has 0 spiro atoms. The molecule has 1 aliphatic rings. The maximum absolute atomic E-state index is 13.0. The molecule has 9 unspecified atom stereocenters. The lowest BCUT2D eigenvalue weighted by Crippen LogP contribution is -2.60. The van der Waals surface area contributed by atoms with E-state index in [1.54, 1.807) is 0 Å². The summed E-state index contributed by atoms with van der Waals surface area (Å²) in [7, 11) is 0. The second-order valence-electron chi connectivity index (χ2n) is 16.5. The third-order valence-electron chi connectivity index (χ3n) is 11.4. The molecule has 1 amide bonds. The predicted octanol–water partition coefficient (Wildman–Crippen LogP) is 7.11. The van der Waals surface area contributed by atoms with Crippen molar-refractivity contribution in [1.82, 2.24) is 5.32 Å². The zero-order chi connectivity index (χ0) is 40.5. The molecule has 1 rings (SSSR count). The highest BCUT2D eigenvalue weighted by Crippen LogP contribution is 2.23. The minimum Gasteiger partial charge on any atom is -0.394 e. The van der Waals surface area contributed by atoms with E-state index in [4.69, 9.17) is 9.47 Å². The number of ether oxygens (including phenoxy) is 2. The summed E-state index contributed by atoms with van der Waals surface area (Å²) in [5, 5.41) is 75.5. The van der Waals surface area contributed by atoms with Crippen LogP contribution in [0.3, 0.4) is 0 Å². The van der Waals surface area contributed by atoms with E-state index in [1.165, 1.54) is 128 Å². The predicted molar refractivity (Wildman–Crippen MR) is 220 cm³/mol. The molecule has 0 radical (unpaired) electrons. The molecule has 0 saturated carbocycles. The highest BCUT2D eigenvalue weighted by Gasteiger charge is 2.44. The van der Waals surface area contributed by atoms with Crippen LogP contribution < -0.4 is 5.32 Å². The summed E-state index contributed by atoms with van der Waals surface area (Å²) < 4.78 is 11.1. The third-order valence-corrected chi connectivity index (χ3v) is 11.4. The molecular formula is C44H87NO10. The monoisotopic (exact) mass is 790 g/mol. The van der Waals surface area contributed by atoms with Gasteiger partial charge in [0.15, 0.2) is 6.29 Å².